The minimum atomic E-state index is -0.0695. The summed E-state index contributed by atoms with van der Waals surface area (Å²) in [6.07, 6.45) is 0. The molecule has 0 saturated carbocycles. The summed E-state index contributed by atoms with van der Waals surface area (Å²) in [6.45, 7) is 8.69. The van der Waals surface area contributed by atoms with Crippen molar-refractivity contribution in [2.45, 2.75) is 27.7 Å². The second-order valence-electron chi connectivity index (χ2n) is 6.19. The van der Waals surface area contributed by atoms with Gasteiger partial charge in [0.05, 0.1) is 17.2 Å². The molecular weight excluding hydrogens is 362 g/mol. The number of anilines is 1. The van der Waals surface area contributed by atoms with Crippen molar-refractivity contribution < 1.29 is 9.53 Å². The molecule has 1 fully saturated rings. The van der Waals surface area contributed by atoms with Crippen LogP contribution in [-0.2, 0) is 4.79 Å². The molecule has 26 heavy (non-hydrogen) atoms. The molecular formula is C21H21NO2S2. The number of thioether (sulfide) groups is 1. The van der Waals surface area contributed by atoms with Crippen LogP contribution in [0.1, 0.15) is 30.5 Å². The third kappa shape index (κ3) is 3.55. The number of rotatable bonds is 4. The fourth-order valence-corrected chi connectivity index (χ4v) is 4.13. The van der Waals surface area contributed by atoms with Crippen LogP contribution in [0.5, 0.6) is 5.75 Å². The van der Waals surface area contributed by atoms with Gasteiger partial charge in [0.25, 0.3) is 5.91 Å². The average Bonchev–Trinajstić information content (AvgIpc) is 2.92. The third-order valence-electron chi connectivity index (χ3n) is 4.46. The third-order valence-corrected chi connectivity index (χ3v) is 5.93. The van der Waals surface area contributed by atoms with Crippen LogP contribution < -0.4 is 9.64 Å². The molecule has 5 heteroatoms. The van der Waals surface area contributed by atoms with E-state index in [2.05, 4.69) is 32.0 Å². The van der Waals surface area contributed by atoms with Gasteiger partial charge in [-0.2, -0.15) is 0 Å². The first kappa shape index (κ1) is 18.7. The van der Waals surface area contributed by atoms with Gasteiger partial charge >= 0.3 is 0 Å². The first-order chi connectivity index (χ1) is 12.4. The van der Waals surface area contributed by atoms with Crippen molar-refractivity contribution in [3.63, 3.8) is 0 Å². The van der Waals surface area contributed by atoms with Gasteiger partial charge < -0.3 is 4.74 Å². The Morgan fingerprint density at radius 1 is 1.12 bits per heavy atom. The van der Waals surface area contributed by atoms with Gasteiger partial charge in [0.15, 0.2) is 4.32 Å². The van der Waals surface area contributed by atoms with Crippen molar-refractivity contribution in [2.75, 3.05) is 11.5 Å². The number of hydrogen-bond acceptors (Lipinski definition) is 4. The number of hydrogen-bond donors (Lipinski definition) is 0. The zero-order chi connectivity index (χ0) is 18.8. The Morgan fingerprint density at radius 2 is 1.81 bits per heavy atom. The number of thiocarbonyl (C=S) groups is 1. The summed E-state index contributed by atoms with van der Waals surface area (Å²) in [4.78, 5) is 15.3. The molecule has 3 nitrogen and oxygen atoms in total. The lowest BCUT2D eigenvalue weighted by molar-refractivity contribution is -0.113. The number of nitrogens with zero attached hydrogens (tertiary/aromatic N) is 1. The minimum absolute atomic E-state index is 0.0695. The summed E-state index contributed by atoms with van der Waals surface area (Å²) < 4.78 is 6.02. The second-order valence-corrected chi connectivity index (χ2v) is 7.83. The molecule has 2 aromatic rings. The molecule has 0 N–H and O–H groups in total. The van der Waals surface area contributed by atoms with Crippen molar-refractivity contribution in [2.24, 2.45) is 0 Å². The molecule has 0 atom stereocenters. The largest absolute Gasteiger partial charge is 0.494 e. The number of carbonyl (C=O) groups excluding carboxylic acids is 1. The van der Waals surface area contributed by atoms with E-state index in [-0.39, 0.29) is 5.91 Å². The Kier molecular flexibility index (Phi) is 5.49. The molecule has 3 rings (SSSR count). The van der Waals surface area contributed by atoms with Gasteiger partial charge in [0.1, 0.15) is 5.75 Å². The highest BCUT2D eigenvalue weighted by atomic mass is 32.2. The van der Waals surface area contributed by atoms with Gasteiger partial charge in [-0.15, -0.1) is 0 Å². The molecule has 1 saturated heterocycles. The summed E-state index contributed by atoms with van der Waals surface area (Å²) in [6, 6.07) is 13.7. The SMILES string of the molecule is CCOc1ccc(N2C(=O)/C(=C(\C)c3ccc(C)c(C)c3)SC2=S)cc1. The number of allylic oxidation sites excluding steroid dienone is 1. The van der Waals surface area contributed by atoms with Gasteiger partial charge in [-0.25, -0.2) is 0 Å². The number of ether oxygens (including phenoxy) is 1. The fourth-order valence-electron chi connectivity index (χ4n) is 2.78. The van der Waals surface area contributed by atoms with Crippen LogP contribution in [0.3, 0.4) is 0 Å². The van der Waals surface area contributed by atoms with Crippen LogP contribution in [-0.4, -0.2) is 16.8 Å². The predicted molar refractivity (Wildman–Crippen MR) is 114 cm³/mol. The van der Waals surface area contributed by atoms with E-state index in [9.17, 15) is 4.79 Å². The normalized spacial score (nSPS) is 16.2. The summed E-state index contributed by atoms with van der Waals surface area (Å²) in [5.74, 6) is 0.712. The lowest BCUT2D eigenvalue weighted by Gasteiger charge is -2.15. The van der Waals surface area contributed by atoms with E-state index in [0.717, 1.165) is 22.6 Å². The van der Waals surface area contributed by atoms with Crippen LogP contribution in [0.25, 0.3) is 5.57 Å². The average molecular weight is 384 g/mol. The topological polar surface area (TPSA) is 29.5 Å². The monoisotopic (exact) mass is 383 g/mol. The van der Waals surface area contributed by atoms with Crippen molar-refractivity contribution >= 4 is 45.5 Å². The number of carbonyl (C=O) groups is 1. The minimum Gasteiger partial charge on any atom is -0.494 e. The molecule has 0 bridgehead atoms. The second kappa shape index (κ2) is 7.64. The molecule has 0 aromatic heterocycles. The highest BCUT2D eigenvalue weighted by molar-refractivity contribution is 8.27. The number of aryl methyl sites for hydroxylation is 2. The Bertz CT molecular complexity index is 901. The van der Waals surface area contributed by atoms with Crippen molar-refractivity contribution in [3.05, 3.63) is 64.1 Å². The molecule has 1 heterocycles. The highest BCUT2D eigenvalue weighted by Crippen LogP contribution is 2.39. The fraction of sp³-hybridized carbons (Fsp3) is 0.238. The van der Waals surface area contributed by atoms with Crippen molar-refractivity contribution in [3.8, 4) is 5.75 Å². The van der Waals surface area contributed by atoms with E-state index in [4.69, 9.17) is 17.0 Å². The molecule has 0 spiro atoms. The van der Waals surface area contributed by atoms with Gasteiger partial charge in [0, 0.05) is 0 Å². The van der Waals surface area contributed by atoms with E-state index in [1.807, 2.05) is 38.1 Å². The van der Waals surface area contributed by atoms with Gasteiger partial charge in [0.2, 0.25) is 0 Å². The molecule has 2 aromatic carbocycles. The lowest BCUT2D eigenvalue weighted by atomic mass is 10.0. The Morgan fingerprint density at radius 3 is 2.42 bits per heavy atom. The Hall–Kier alpha value is -2.11. The maximum absolute atomic E-state index is 13.0. The molecule has 1 aliphatic heterocycles. The van der Waals surface area contributed by atoms with Gasteiger partial charge in [-0.1, -0.05) is 42.2 Å². The summed E-state index contributed by atoms with van der Waals surface area (Å²) in [5, 5.41) is 0. The van der Waals surface area contributed by atoms with E-state index < -0.39 is 0 Å². The maximum Gasteiger partial charge on any atom is 0.271 e. The summed E-state index contributed by atoms with van der Waals surface area (Å²) >= 11 is 6.84. The van der Waals surface area contributed by atoms with Crippen LogP contribution in [0.4, 0.5) is 5.69 Å². The number of benzene rings is 2. The molecule has 134 valence electrons. The lowest BCUT2D eigenvalue weighted by Crippen LogP contribution is -2.27. The predicted octanol–water partition coefficient (Wildman–Crippen LogP) is 5.50. The zero-order valence-electron chi connectivity index (χ0n) is 15.3. The van der Waals surface area contributed by atoms with E-state index in [1.54, 1.807) is 4.90 Å². The first-order valence-electron chi connectivity index (χ1n) is 8.50. The van der Waals surface area contributed by atoms with Gasteiger partial charge in [-0.3, -0.25) is 9.69 Å². The molecule has 1 aliphatic rings. The summed E-state index contributed by atoms with van der Waals surface area (Å²) in [7, 11) is 0. The van der Waals surface area contributed by atoms with Crippen LogP contribution >= 0.6 is 24.0 Å². The first-order valence-corrected chi connectivity index (χ1v) is 9.72. The van der Waals surface area contributed by atoms with Crippen molar-refractivity contribution in [1.29, 1.82) is 0 Å². The van der Waals surface area contributed by atoms with E-state index in [1.165, 1.54) is 22.9 Å². The maximum atomic E-state index is 13.0. The van der Waals surface area contributed by atoms with Crippen LogP contribution in [0, 0.1) is 13.8 Å². The Balaban J connectivity index is 1.93. The molecule has 0 radical (unpaired) electrons. The molecule has 0 unspecified atom stereocenters. The van der Waals surface area contributed by atoms with Crippen LogP contribution in [0.2, 0.25) is 0 Å². The highest BCUT2D eigenvalue weighted by Gasteiger charge is 2.34. The standard InChI is InChI=1S/C21H21NO2S2/c1-5-24-18-10-8-17(9-11-18)22-20(23)19(26-21(22)25)15(4)16-7-6-13(2)14(3)12-16/h6-12H,5H2,1-4H3/b19-15-. The van der Waals surface area contributed by atoms with E-state index in [0.29, 0.717) is 15.8 Å². The molecule has 1 amide bonds. The van der Waals surface area contributed by atoms with Gasteiger partial charge in [-0.05, 0) is 74.2 Å². The van der Waals surface area contributed by atoms with Crippen molar-refractivity contribution in [1.82, 2.24) is 0 Å². The summed E-state index contributed by atoms with van der Waals surface area (Å²) in [5.41, 5.74) is 5.23. The Labute approximate surface area is 164 Å². The van der Waals surface area contributed by atoms with Crippen LogP contribution in [0.15, 0.2) is 47.4 Å². The smallest absolute Gasteiger partial charge is 0.271 e. The van der Waals surface area contributed by atoms with E-state index >= 15 is 0 Å². The quantitative estimate of drug-likeness (QED) is 0.515. The molecule has 0 aliphatic carbocycles. The number of amides is 1. The zero-order valence-corrected chi connectivity index (χ0v) is 17.0.